The fourth-order valence-corrected chi connectivity index (χ4v) is 1.75. The standard InChI is InChI=1S/C12H12ClF3N2O3/c13-8-3-1-2-4-9(8)17-10(19)5-18(6-11(20)21)7-12(14,15)16/h1-4H,5-7H2,(H,17,19)(H,20,21). The largest absolute Gasteiger partial charge is 0.480 e. The fourth-order valence-electron chi connectivity index (χ4n) is 1.57. The van der Waals surface area contributed by atoms with Gasteiger partial charge in [0.15, 0.2) is 0 Å². The number of hydrogen-bond donors (Lipinski definition) is 2. The van der Waals surface area contributed by atoms with Crippen molar-refractivity contribution >= 4 is 29.2 Å². The van der Waals surface area contributed by atoms with Crippen molar-refractivity contribution in [3.63, 3.8) is 0 Å². The van der Waals surface area contributed by atoms with Crippen LogP contribution in [0.2, 0.25) is 5.02 Å². The van der Waals surface area contributed by atoms with Crippen LogP contribution < -0.4 is 5.32 Å². The molecule has 0 spiro atoms. The SMILES string of the molecule is O=C(O)CN(CC(=O)Nc1ccccc1Cl)CC(F)(F)F. The Morgan fingerprint density at radius 2 is 1.86 bits per heavy atom. The maximum Gasteiger partial charge on any atom is 0.401 e. The van der Waals surface area contributed by atoms with Gasteiger partial charge in [-0.15, -0.1) is 0 Å². The molecule has 0 unspecified atom stereocenters. The first-order valence-corrected chi connectivity index (χ1v) is 6.10. The van der Waals surface area contributed by atoms with Gasteiger partial charge in [0.25, 0.3) is 0 Å². The summed E-state index contributed by atoms with van der Waals surface area (Å²) < 4.78 is 36.9. The van der Waals surface area contributed by atoms with Crippen LogP contribution >= 0.6 is 11.6 Å². The summed E-state index contributed by atoms with van der Waals surface area (Å²) in [5, 5.41) is 11.1. The minimum Gasteiger partial charge on any atom is -0.480 e. The molecule has 0 heterocycles. The predicted octanol–water partition coefficient (Wildman–Crippen LogP) is 2.23. The number of carbonyl (C=O) groups excluding carboxylic acids is 1. The number of amides is 1. The van der Waals surface area contributed by atoms with Crippen LogP contribution in [0.1, 0.15) is 0 Å². The summed E-state index contributed by atoms with van der Waals surface area (Å²) in [6.45, 7) is -3.10. The molecule has 0 saturated heterocycles. The van der Waals surface area contributed by atoms with Gasteiger partial charge in [0.05, 0.1) is 30.3 Å². The van der Waals surface area contributed by atoms with Gasteiger partial charge in [0.2, 0.25) is 5.91 Å². The van der Waals surface area contributed by atoms with E-state index in [0.29, 0.717) is 4.90 Å². The topological polar surface area (TPSA) is 69.6 Å². The van der Waals surface area contributed by atoms with Gasteiger partial charge in [-0.2, -0.15) is 13.2 Å². The second-order valence-electron chi connectivity index (χ2n) is 4.18. The summed E-state index contributed by atoms with van der Waals surface area (Å²) in [6, 6.07) is 6.19. The van der Waals surface area contributed by atoms with E-state index >= 15 is 0 Å². The van der Waals surface area contributed by atoms with Crippen molar-refractivity contribution in [2.45, 2.75) is 6.18 Å². The first kappa shape index (κ1) is 17.3. The number of anilines is 1. The predicted molar refractivity (Wildman–Crippen MR) is 70.2 cm³/mol. The highest BCUT2D eigenvalue weighted by Crippen LogP contribution is 2.20. The van der Waals surface area contributed by atoms with Crippen molar-refractivity contribution in [1.29, 1.82) is 0 Å². The number of carboxylic acids is 1. The highest BCUT2D eigenvalue weighted by Gasteiger charge is 2.32. The monoisotopic (exact) mass is 324 g/mol. The molecule has 116 valence electrons. The van der Waals surface area contributed by atoms with E-state index in [4.69, 9.17) is 16.7 Å². The Morgan fingerprint density at radius 1 is 1.24 bits per heavy atom. The average Bonchev–Trinajstić information content (AvgIpc) is 2.28. The maximum absolute atomic E-state index is 12.3. The molecular formula is C12H12ClF3N2O3. The molecule has 0 aromatic heterocycles. The number of carboxylic acid groups (broad SMARTS) is 1. The quantitative estimate of drug-likeness (QED) is 0.842. The summed E-state index contributed by atoms with van der Waals surface area (Å²) in [5.74, 6) is -2.24. The summed E-state index contributed by atoms with van der Waals surface area (Å²) in [6.07, 6.45) is -4.60. The van der Waals surface area contributed by atoms with E-state index in [-0.39, 0.29) is 10.7 Å². The minimum absolute atomic E-state index is 0.228. The van der Waals surface area contributed by atoms with Gasteiger partial charge in [-0.25, -0.2) is 0 Å². The lowest BCUT2D eigenvalue weighted by molar-refractivity contribution is -0.154. The summed E-state index contributed by atoms with van der Waals surface area (Å²) >= 11 is 5.79. The molecule has 0 fully saturated rings. The lowest BCUT2D eigenvalue weighted by Crippen LogP contribution is -2.42. The van der Waals surface area contributed by atoms with Crippen LogP contribution in [0.15, 0.2) is 24.3 Å². The Labute approximate surface area is 123 Å². The molecule has 1 aromatic rings. The Morgan fingerprint density at radius 3 is 2.38 bits per heavy atom. The van der Waals surface area contributed by atoms with Gasteiger partial charge >= 0.3 is 12.1 Å². The highest BCUT2D eigenvalue weighted by atomic mass is 35.5. The van der Waals surface area contributed by atoms with Crippen molar-refractivity contribution < 1.29 is 27.9 Å². The highest BCUT2D eigenvalue weighted by molar-refractivity contribution is 6.33. The molecule has 0 aliphatic rings. The van der Waals surface area contributed by atoms with E-state index in [1.54, 1.807) is 12.1 Å². The molecule has 0 aliphatic carbocycles. The first-order valence-electron chi connectivity index (χ1n) is 5.72. The molecular weight excluding hydrogens is 313 g/mol. The number of benzene rings is 1. The summed E-state index contributed by atoms with van der Waals surface area (Å²) in [5.41, 5.74) is 0.242. The molecule has 5 nitrogen and oxygen atoms in total. The molecule has 0 saturated carbocycles. The normalized spacial score (nSPS) is 11.5. The van der Waals surface area contributed by atoms with Crippen LogP contribution in [0.25, 0.3) is 0 Å². The lowest BCUT2D eigenvalue weighted by Gasteiger charge is -2.21. The van der Waals surface area contributed by atoms with E-state index in [0.717, 1.165) is 0 Å². The zero-order chi connectivity index (χ0) is 16.0. The van der Waals surface area contributed by atoms with E-state index < -0.39 is 37.7 Å². The third-order valence-electron chi connectivity index (χ3n) is 2.28. The van der Waals surface area contributed by atoms with E-state index in [9.17, 15) is 22.8 Å². The number of hydrogen-bond acceptors (Lipinski definition) is 3. The fraction of sp³-hybridized carbons (Fsp3) is 0.333. The number of nitrogens with zero attached hydrogens (tertiary/aromatic N) is 1. The van der Waals surface area contributed by atoms with Gasteiger partial charge in [0.1, 0.15) is 0 Å². The van der Waals surface area contributed by atoms with E-state index in [2.05, 4.69) is 5.32 Å². The Hall–Kier alpha value is -1.80. The van der Waals surface area contributed by atoms with E-state index in [1.807, 2.05) is 0 Å². The second-order valence-corrected chi connectivity index (χ2v) is 4.59. The minimum atomic E-state index is -4.60. The van der Waals surface area contributed by atoms with Gasteiger partial charge in [-0.1, -0.05) is 23.7 Å². The number of halogens is 4. The number of carbonyl (C=O) groups is 2. The summed E-state index contributed by atoms with van der Waals surface area (Å²) in [4.78, 5) is 22.7. The molecule has 0 bridgehead atoms. The zero-order valence-electron chi connectivity index (χ0n) is 10.7. The van der Waals surface area contributed by atoms with Gasteiger partial charge in [0, 0.05) is 0 Å². The molecule has 1 amide bonds. The molecule has 0 radical (unpaired) electrons. The van der Waals surface area contributed by atoms with Crippen LogP contribution in [0, 0.1) is 0 Å². The molecule has 0 atom stereocenters. The smallest absolute Gasteiger partial charge is 0.401 e. The van der Waals surface area contributed by atoms with Crippen LogP contribution in [0.5, 0.6) is 0 Å². The molecule has 1 rings (SSSR count). The number of aliphatic carboxylic acids is 1. The number of alkyl halides is 3. The number of para-hydroxylation sites is 1. The molecule has 1 aromatic carbocycles. The van der Waals surface area contributed by atoms with Gasteiger partial charge in [-0.3, -0.25) is 14.5 Å². The molecule has 21 heavy (non-hydrogen) atoms. The Bertz CT molecular complexity index is 523. The van der Waals surface area contributed by atoms with Crippen LogP contribution in [0.3, 0.4) is 0 Å². The Kier molecular flexibility index (Phi) is 5.98. The third kappa shape index (κ3) is 6.96. The Balaban J connectivity index is 2.67. The molecule has 0 aliphatic heterocycles. The number of nitrogens with one attached hydrogen (secondary N) is 1. The number of rotatable bonds is 6. The average molecular weight is 325 g/mol. The first-order chi connectivity index (χ1) is 9.67. The molecule has 2 N–H and O–H groups in total. The maximum atomic E-state index is 12.3. The van der Waals surface area contributed by atoms with Crippen molar-refractivity contribution in [3.8, 4) is 0 Å². The third-order valence-corrected chi connectivity index (χ3v) is 2.61. The summed E-state index contributed by atoms with van der Waals surface area (Å²) in [7, 11) is 0. The molecule has 9 heteroatoms. The van der Waals surface area contributed by atoms with Crippen molar-refractivity contribution in [2.75, 3.05) is 25.0 Å². The van der Waals surface area contributed by atoms with Gasteiger partial charge < -0.3 is 10.4 Å². The van der Waals surface area contributed by atoms with Crippen LogP contribution in [0.4, 0.5) is 18.9 Å². The second kappa shape index (κ2) is 7.28. The van der Waals surface area contributed by atoms with Crippen molar-refractivity contribution in [1.82, 2.24) is 4.90 Å². The van der Waals surface area contributed by atoms with Crippen molar-refractivity contribution in [2.24, 2.45) is 0 Å². The van der Waals surface area contributed by atoms with Gasteiger partial charge in [-0.05, 0) is 12.1 Å². The van der Waals surface area contributed by atoms with Crippen LogP contribution in [-0.2, 0) is 9.59 Å². The van der Waals surface area contributed by atoms with Crippen molar-refractivity contribution in [3.05, 3.63) is 29.3 Å². The lowest BCUT2D eigenvalue weighted by atomic mass is 10.3. The van der Waals surface area contributed by atoms with E-state index in [1.165, 1.54) is 12.1 Å². The van der Waals surface area contributed by atoms with Crippen LogP contribution in [-0.4, -0.2) is 47.7 Å². The zero-order valence-corrected chi connectivity index (χ0v) is 11.4.